The molecule has 8 heteroatoms. The number of anilines is 1. The Labute approximate surface area is 153 Å². The van der Waals surface area contributed by atoms with E-state index in [1.807, 2.05) is 12.1 Å². The fourth-order valence-corrected chi connectivity index (χ4v) is 3.02. The predicted octanol–water partition coefficient (Wildman–Crippen LogP) is 4.13. The third kappa shape index (κ3) is 3.89. The molecule has 3 aromatic rings. The molecule has 128 valence electrons. The number of nitrogens with one attached hydrogen (secondary N) is 1. The van der Waals surface area contributed by atoms with Crippen LogP contribution in [-0.4, -0.2) is 30.3 Å². The van der Waals surface area contributed by atoms with Gasteiger partial charge in [0.2, 0.25) is 5.13 Å². The van der Waals surface area contributed by atoms with E-state index < -0.39 is 0 Å². The number of hydrogen-bond acceptors (Lipinski definition) is 6. The molecule has 0 unspecified atom stereocenters. The van der Waals surface area contributed by atoms with Gasteiger partial charge in [-0.05, 0) is 36.4 Å². The number of rotatable bonds is 5. The summed E-state index contributed by atoms with van der Waals surface area (Å²) < 4.78 is 10.6. The molecular weight excluding hydrogens is 362 g/mol. The van der Waals surface area contributed by atoms with Gasteiger partial charge in [-0.2, -0.15) is 0 Å². The van der Waals surface area contributed by atoms with Crippen molar-refractivity contribution in [2.45, 2.75) is 0 Å². The van der Waals surface area contributed by atoms with E-state index in [9.17, 15) is 4.79 Å². The van der Waals surface area contributed by atoms with Crippen LogP contribution in [0.25, 0.3) is 10.6 Å². The summed E-state index contributed by atoms with van der Waals surface area (Å²) in [5.41, 5.74) is 1.26. The predicted molar refractivity (Wildman–Crippen MR) is 97.9 cm³/mol. The van der Waals surface area contributed by atoms with Crippen molar-refractivity contribution < 1.29 is 14.3 Å². The smallest absolute Gasteiger partial charge is 0.257 e. The summed E-state index contributed by atoms with van der Waals surface area (Å²) in [5.74, 6) is 1.02. The van der Waals surface area contributed by atoms with Crippen LogP contribution in [0.2, 0.25) is 5.02 Å². The highest BCUT2D eigenvalue weighted by molar-refractivity contribution is 7.18. The van der Waals surface area contributed by atoms with Crippen molar-refractivity contribution in [3.63, 3.8) is 0 Å². The summed E-state index contributed by atoms with van der Waals surface area (Å²) in [4.78, 5) is 12.2. The number of amides is 1. The van der Waals surface area contributed by atoms with E-state index in [1.54, 1.807) is 44.6 Å². The van der Waals surface area contributed by atoms with Crippen LogP contribution in [0.1, 0.15) is 10.4 Å². The lowest BCUT2D eigenvalue weighted by Gasteiger charge is -2.07. The molecule has 25 heavy (non-hydrogen) atoms. The van der Waals surface area contributed by atoms with Gasteiger partial charge >= 0.3 is 0 Å². The maximum atomic E-state index is 12.2. The second-order valence-electron chi connectivity index (χ2n) is 4.94. The normalized spacial score (nSPS) is 10.4. The van der Waals surface area contributed by atoms with E-state index in [1.165, 1.54) is 11.3 Å². The number of methoxy groups -OCH3 is 2. The minimum absolute atomic E-state index is 0.277. The van der Waals surface area contributed by atoms with Crippen LogP contribution in [0.15, 0.2) is 42.5 Å². The number of carbonyl (C=O) groups excluding carboxylic acids is 1. The first-order valence-electron chi connectivity index (χ1n) is 7.23. The zero-order chi connectivity index (χ0) is 17.8. The Morgan fingerprint density at radius 1 is 1.08 bits per heavy atom. The second-order valence-corrected chi connectivity index (χ2v) is 6.35. The highest BCUT2D eigenvalue weighted by atomic mass is 35.5. The highest BCUT2D eigenvalue weighted by Gasteiger charge is 2.15. The van der Waals surface area contributed by atoms with E-state index in [-0.39, 0.29) is 5.91 Å². The van der Waals surface area contributed by atoms with Gasteiger partial charge in [-0.1, -0.05) is 22.9 Å². The molecule has 1 aromatic heterocycles. The van der Waals surface area contributed by atoms with Crippen LogP contribution in [-0.2, 0) is 0 Å². The number of hydrogen-bond donors (Lipinski definition) is 1. The molecule has 1 N–H and O–H groups in total. The van der Waals surface area contributed by atoms with Gasteiger partial charge in [0, 0.05) is 16.7 Å². The van der Waals surface area contributed by atoms with E-state index in [4.69, 9.17) is 21.1 Å². The third-order valence-corrected chi connectivity index (χ3v) is 4.51. The van der Waals surface area contributed by atoms with Gasteiger partial charge in [-0.15, -0.1) is 10.2 Å². The average Bonchev–Trinajstić information content (AvgIpc) is 3.09. The SMILES string of the molecule is COc1ccc(-c2nnc(NC(=O)c3ccc(Cl)cc3)s2)c(OC)c1. The molecule has 0 radical (unpaired) electrons. The van der Waals surface area contributed by atoms with Gasteiger partial charge in [-0.3, -0.25) is 10.1 Å². The number of carbonyl (C=O) groups is 1. The van der Waals surface area contributed by atoms with Crippen molar-refractivity contribution in [3.8, 4) is 22.1 Å². The van der Waals surface area contributed by atoms with Gasteiger partial charge in [0.15, 0.2) is 5.01 Å². The van der Waals surface area contributed by atoms with Crippen molar-refractivity contribution >= 4 is 34.0 Å². The van der Waals surface area contributed by atoms with Gasteiger partial charge in [-0.25, -0.2) is 0 Å². The average molecular weight is 376 g/mol. The molecule has 0 bridgehead atoms. The Hall–Kier alpha value is -2.64. The molecule has 0 saturated carbocycles. The first kappa shape index (κ1) is 17.2. The van der Waals surface area contributed by atoms with Crippen molar-refractivity contribution in [2.75, 3.05) is 19.5 Å². The third-order valence-electron chi connectivity index (χ3n) is 3.39. The minimum Gasteiger partial charge on any atom is -0.497 e. The molecule has 0 aliphatic carbocycles. The van der Waals surface area contributed by atoms with Crippen LogP contribution in [0.3, 0.4) is 0 Å². The van der Waals surface area contributed by atoms with Crippen LogP contribution in [0, 0.1) is 0 Å². The Bertz CT molecular complexity index is 896. The fourth-order valence-electron chi connectivity index (χ4n) is 2.13. The molecule has 1 amide bonds. The summed E-state index contributed by atoms with van der Waals surface area (Å²) in [7, 11) is 3.16. The van der Waals surface area contributed by atoms with Crippen molar-refractivity contribution in [3.05, 3.63) is 53.1 Å². The molecule has 0 atom stereocenters. The Morgan fingerprint density at radius 2 is 1.84 bits per heavy atom. The van der Waals surface area contributed by atoms with Crippen LogP contribution >= 0.6 is 22.9 Å². The number of halogens is 1. The first-order valence-corrected chi connectivity index (χ1v) is 8.43. The monoisotopic (exact) mass is 375 g/mol. The molecule has 2 aromatic carbocycles. The van der Waals surface area contributed by atoms with Crippen LogP contribution in [0.5, 0.6) is 11.5 Å². The highest BCUT2D eigenvalue weighted by Crippen LogP contribution is 2.36. The number of nitrogens with zero attached hydrogens (tertiary/aromatic N) is 2. The summed E-state index contributed by atoms with van der Waals surface area (Å²) >= 11 is 7.08. The lowest BCUT2D eigenvalue weighted by atomic mass is 10.2. The minimum atomic E-state index is -0.277. The molecule has 3 rings (SSSR count). The number of ether oxygens (including phenoxy) is 2. The van der Waals surface area contributed by atoms with Crippen molar-refractivity contribution in [1.29, 1.82) is 0 Å². The van der Waals surface area contributed by atoms with Gasteiger partial charge in [0.05, 0.1) is 19.8 Å². The zero-order valence-corrected chi connectivity index (χ0v) is 15.0. The second kappa shape index (κ2) is 7.50. The Balaban J connectivity index is 1.81. The molecule has 6 nitrogen and oxygen atoms in total. The molecular formula is C17H14ClN3O3S. The lowest BCUT2D eigenvalue weighted by Crippen LogP contribution is -2.11. The molecule has 0 aliphatic rings. The molecule has 0 fully saturated rings. The maximum absolute atomic E-state index is 12.2. The molecule has 0 spiro atoms. The topological polar surface area (TPSA) is 73.3 Å². The molecule has 1 heterocycles. The molecule has 0 aliphatic heterocycles. The largest absolute Gasteiger partial charge is 0.497 e. The standard InChI is InChI=1S/C17H14ClN3O3S/c1-23-12-7-8-13(14(9-12)24-2)16-20-21-17(25-16)19-15(22)10-3-5-11(18)6-4-10/h3-9H,1-2H3,(H,19,21,22). The summed E-state index contributed by atoms with van der Waals surface area (Å²) in [6.45, 7) is 0. The van der Waals surface area contributed by atoms with Gasteiger partial charge < -0.3 is 9.47 Å². The van der Waals surface area contributed by atoms with E-state index in [0.717, 1.165) is 5.56 Å². The van der Waals surface area contributed by atoms with E-state index in [0.29, 0.717) is 32.2 Å². The lowest BCUT2D eigenvalue weighted by molar-refractivity contribution is 0.102. The Kier molecular flexibility index (Phi) is 5.16. The maximum Gasteiger partial charge on any atom is 0.257 e. The first-order chi connectivity index (χ1) is 12.1. The van der Waals surface area contributed by atoms with Crippen LogP contribution in [0.4, 0.5) is 5.13 Å². The van der Waals surface area contributed by atoms with E-state index in [2.05, 4.69) is 15.5 Å². The Morgan fingerprint density at radius 3 is 2.52 bits per heavy atom. The molecule has 0 saturated heterocycles. The van der Waals surface area contributed by atoms with E-state index >= 15 is 0 Å². The van der Waals surface area contributed by atoms with Crippen LogP contribution < -0.4 is 14.8 Å². The van der Waals surface area contributed by atoms with Gasteiger partial charge in [0.1, 0.15) is 11.5 Å². The van der Waals surface area contributed by atoms with Crippen molar-refractivity contribution in [2.24, 2.45) is 0 Å². The summed E-state index contributed by atoms with van der Waals surface area (Å²) in [5, 5.41) is 12.5. The summed E-state index contributed by atoms with van der Waals surface area (Å²) in [6.07, 6.45) is 0. The quantitative estimate of drug-likeness (QED) is 0.725. The number of benzene rings is 2. The number of aromatic nitrogens is 2. The van der Waals surface area contributed by atoms with Gasteiger partial charge in [0.25, 0.3) is 5.91 Å². The van der Waals surface area contributed by atoms with Crippen molar-refractivity contribution in [1.82, 2.24) is 10.2 Å². The fraction of sp³-hybridized carbons (Fsp3) is 0.118. The zero-order valence-electron chi connectivity index (χ0n) is 13.4. The summed E-state index contributed by atoms with van der Waals surface area (Å²) in [6, 6.07) is 12.0.